The average molecular weight is 1790 g/mol. The van der Waals surface area contributed by atoms with Crippen molar-refractivity contribution in [2.24, 2.45) is 5.73 Å². The van der Waals surface area contributed by atoms with E-state index < -0.39 is 53.7 Å². The Balaban J connectivity index is 0.622. The molecule has 3 aliphatic rings. The van der Waals surface area contributed by atoms with Gasteiger partial charge in [-0.15, -0.1) is 0 Å². The van der Waals surface area contributed by atoms with Crippen molar-refractivity contribution in [3.63, 3.8) is 0 Å². The van der Waals surface area contributed by atoms with Crippen LogP contribution < -0.4 is 51.8 Å². The normalized spacial score (nSPS) is 16.1. The van der Waals surface area contributed by atoms with Crippen molar-refractivity contribution < 1.29 is 68.1 Å². The largest absolute Gasteiger partial charge is 0.378 e. The molecule has 0 radical (unpaired) electrons. The van der Waals surface area contributed by atoms with E-state index in [1.165, 1.54) is 0 Å². The van der Waals surface area contributed by atoms with Crippen LogP contribution in [0.5, 0.6) is 0 Å². The molecule has 3 aliphatic heterocycles. The molecule has 0 bridgehead atoms. The van der Waals surface area contributed by atoms with Crippen LogP contribution in [0.15, 0.2) is 124 Å². The van der Waals surface area contributed by atoms with Crippen molar-refractivity contribution in [3.8, 4) is 0 Å². The van der Waals surface area contributed by atoms with Crippen molar-refractivity contribution >= 4 is 118 Å². The number of carbonyl (C=O) groups excluding carboxylic acids is 3. The number of amides is 6. The second-order valence-corrected chi connectivity index (χ2v) is 36.8. The molecule has 9 rings (SSSR count). The van der Waals surface area contributed by atoms with Crippen LogP contribution in [-0.4, -0.2) is 243 Å². The maximum atomic E-state index is 13.3. The van der Waals surface area contributed by atoms with Crippen LogP contribution in [0.25, 0.3) is 0 Å². The molecule has 0 unspecified atom stereocenters. The number of urea groups is 3. The van der Waals surface area contributed by atoms with E-state index in [0.29, 0.717) is 128 Å². The summed E-state index contributed by atoms with van der Waals surface area (Å²) in [6, 6.07) is 30.2. The first-order chi connectivity index (χ1) is 55.6. The molecular weight excluding hydrogens is 1680 g/mol. The molecule has 0 aliphatic carbocycles. The number of hydrogen-bond acceptors (Lipinski definition) is 19. The number of rotatable bonds is 48. The Morgan fingerprint density at radius 3 is 0.888 bits per heavy atom. The van der Waals surface area contributed by atoms with Gasteiger partial charge < -0.3 is 80.8 Å². The van der Waals surface area contributed by atoms with Crippen molar-refractivity contribution in [2.45, 2.75) is 96.1 Å². The van der Waals surface area contributed by atoms with Gasteiger partial charge in [0.2, 0.25) is 30.1 Å². The molecule has 11 N–H and O–H groups in total. The fourth-order valence-electron chi connectivity index (χ4n) is 14.2. The van der Waals surface area contributed by atoms with Crippen LogP contribution in [0.3, 0.4) is 0 Å². The van der Waals surface area contributed by atoms with Gasteiger partial charge in [0, 0.05) is 152 Å². The van der Waals surface area contributed by atoms with E-state index in [2.05, 4.69) is 60.8 Å². The Labute approximate surface area is 711 Å². The molecular formula is C79H107Cl6N13O15S3. The summed E-state index contributed by atoms with van der Waals surface area (Å²) in [6.45, 7) is 7.87. The van der Waals surface area contributed by atoms with Gasteiger partial charge in [-0.3, -0.25) is 0 Å². The molecule has 0 saturated carbocycles. The molecule has 6 aromatic carbocycles. The Morgan fingerprint density at radius 1 is 0.371 bits per heavy atom. The second-order valence-electron chi connectivity index (χ2n) is 28.9. The maximum absolute atomic E-state index is 13.3. The van der Waals surface area contributed by atoms with Crippen LogP contribution in [0.1, 0.15) is 106 Å². The van der Waals surface area contributed by atoms with Crippen LogP contribution >= 0.6 is 69.6 Å². The van der Waals surface area contributed by atoms with Crippen molar-refractivity contribution in [3.05, 3.63) is 189 Å². The van der Waals surface area contributed by atoms with Crippen molar-refractivity contribution in [1.82, 2.24) is 60.8 Å². The average Bonchev–Trinajstić information content (AvgIpc) is 0.781. The van der Waals surface area contributed by atoms with Crippen LogP contribution in [0.2, 0.25) is 30.1 Å². The number of carbonyl (C=O) groups is 3. The summed E-state index contributed by atoms with van der Waals surface area (Å²) < 4.78 is 122. The van der Waals surface area contributed by atoms with Gasteiger partial charge in [0.05, 0.1) is 94.0 Å². The molecule has 3 atom stereocenters. The molecule has 0 fully saturated rings. The summed E-state index contributed by atoms with van der Waals surface area (Å²) in [5.41, 5.74) is 14.7. The fraction of sp³-hybridized carbons (Fsp3) is 0.506. The number of nitrogens with two attached hydrogens (primary N) is 1. The van der Waals surface area contributed by atoms with E-state index in [1.807, 2.05) is 57.5 Å². The smallest absolute Gasteiger partial charge is 0.314 e. The summed E-state index contributed by atoms with van der Waals surface area (Å²) in [4.78, 5) is 45.1. The van der Waals surface area contributed by atoms with Crippen LogP contribution in [-0.2, 0) is 78.1 Å². The zero-order valence-electron chi connectivity index (χ0n) is 65.5. The highest BCUT2D eigenvalue weighted by atomic mass is 35.5. The zero-order valence-corrected chi connectivity index (χ0v) is 72.5. The van der Waals surface area contributed by atoms with Gasteiger partial charge in [-0.2, -0.15) is 0 Å². The van der Waals surface area contributed by atoms with E-state index in [4.69, 9.17) is 104 Å². The Kier molecular flexibility index (Phi) is 38.0. The van der Waals surface area contributed by atoms with Gasteiger partial charge in [-0.1, -0.05) is 106 Å². The van der Waals surface area contributed by atoms with Crippen LogP contribution in [0, 0.1) is 0 Å². The molecule has 28 nitrogen and oxygen atoms in total. The summed E-state index contributed by atoms with van der Waals surface area (Å²) in [6.07, 6.45) is 3.15. The predicted octanol–water partition coefficient (Wildman–Crippen LogP) is 9.61. The van der Waals surface area contributed by atoms with Gasteiger partial charge in [0.1, 0.15) is 0 Å². The van der Waals surface area contributed by atoms with Gasteiger partial charge in [-0.05, 0) is 183 Å². The van der Waals surface area contributed by atoms with Gasteiger partial charge in [-0.25, -0.2) is 53.8 Å². The maximum Gasteiger partial charge on any atom is 0.314 e. The lowest BCUT2D eigenvalue weighted by Crippen LogP contribution is -2.44. The van der Waals surface area contributed by atoms with Crippen molar-refractivity contribution in [2.75, 3.05) is 179 Å². The minimum atomic E-state index is -3.86. The molecule has 6 aromatic rings. The third-order valence-corrected chi connectivity index (χ3v) is 26.0. The first-order valence-corrected chi connectivity index (χ1v) is 45.4. The number of benzene rings is 6. The summed E-state index contributed by atoms with van der Waals surface area (Å²) >= 11 is 38.8. The number of hydrogen-bond donors (Lipinski definition) is 10. The molecule has 0 aromatic heterocycles. The van der Waals surface area contributed by atoms with E-state index in [1.54, 1.807) is 72.8 Å². The highest BCUT2D eigenvalue weighted by Gasteiger charge is 2.33. The number of fused-ring (bicyclic) bond motifs is 3. The van der Waals surface area contributed by atoms with E-state index in [-0.39, 0.29) is 151 Å². The second kappa shape index (κ2) is 46.8. The summed E-state index contributed by atoms with van der Waals surface area (Å²) in [7, 11) is -5.59. The lowest BCUT2D eigenvalue weighted by molar-refractivity contribution is 0.0516. The first-order valence-electron chi connectivity index (χ1n) is 38.7. The molecule has 638 valence electrons. The highest BCUT2D eigenvalue weighted by Crippen LogP contribution is 2.42. The number of ether oxygens (including phenoxy) is 6. The number of halogens is 6. The number of sulfonamides is 3. The Bertz CT molecular complexity index is 4140. The Hall–Kier alpha value is -5.80. The minimum Gasteiger partial charge on any atom is -0.378 e. The van der Waals surface area contributed by atoms with E-state index in [0.717, 1.165) is 50.1 Å². The Morgan fingerprint density at radius 2 is 0.621 bits per heavy atom. The van der Waals surface area contributed by atoms with Gasteiger partial charge in [0.25, 0.3) is 0 Å². The number of nitrogens with zero attached hydrogens (tertiary/aromatic N) is 3. The SMILES string of the molecule is CN1Cc2c(Cl)cc(Cl)cc2[C@H](c2cccc(S(=O)(=O)NCCOCCOCCNC(=O)NCCCC(N)(CCCNC(=O)NCCOCCOCCNS(=O)(=O)c3cccc([C@@H]4CN(C)Cc5c(Cl)cc(Cl)cc54)c3)CCCNC(=O)NCCOCCOCCNS(=O)(=O)c3cccc([C@@H]4CN(C)Cc5c(Cl)cc(Cl)cc54)c3)c2)C1. The first kappa shape index (κ1) is 94.1. The lowest BCUT2D eigenvalue weighted by Gasteiger charge is -2.33. The quantitative estimate of drug-likeness (QED) is 0.0159. The monoisotopic (exact) mass is 1780 g/mol. The zero-order chi connectivity index (χ0) is 83.3. The topological polar surface area (TPSA) is 353 Å². The molecule has 0 spiro atoms. The molecule has 6 amide bonds. The number of likely N-dealkylation sites (N-methyl/N-ethyl adjacent to an activating group) is 3. The molecule has 116 heavy (non-hydrogen) atoms. The minimum absolute atomic E-state index is 0.0395. The molecule has 0 saturated heterocycles. The third-order valence-electron chi connectivity index (χ3n) is 19.9. The summed E-state index contributed by atoms with van der Waals surface area (Å²) in [5, 5.41) is 20.2. The van der Waals surface area contributed by atoms with Crippen LogP contribution in [0.4, 0.5) is 14.4 Å². The molecule has 3 heterocycles. The van der Waals surface area contributed by atoms with E-state index >= 15 is 0 Å². The van der Waals surface area contributed by atoms with Crippen molar-refractivity contribution in [1.29, 1.82) is 0 Å². The van der Waals surface area contributed by atoms with Gasteiger partial charge in [0.15, 0.2) is 0 Å². The fourth-order valence-corrected chi connectivity index (χ4v) is 19.2. The highest BCUT2D eigenvalue weighted by molar-refractivity contribution is 7.90. The molecule has 37 heteroatoms. The van der Waals surface area contributed by atoms with Gasteiger partial charge >= 0.3 is 18.1 Å². The van der Waals surface area contributed by atoms with E-state index in [9.17, 15) is 39.6 Å². The summed E-state index contributed by atoms with van der Waals surface area (Å²) in [5.74, 6) is -0.383. The standard InChI is InChI=1S/C79H107Cl6N13O15S3/c1-96-49-67(64-43-58(80)46-73(83)70(64)52-96)55-10-4-13-61(40-55)114(102,103)93-25-31-111-37-34-108-28-22-90-76(99)87-19-7-16-79(86,17-8-20-88-77(100)91-23-29-109-35-38-112-32-26-94-115(104,105)62-14-5-11-56(41-62)68-50-97(2)53-71-65(68)44-59(81)47-74(71)84)18-9-21-89-78(101)92-24-30-110-36-39-113-33-27-95-116(106,107)63-15-6-12-57(42-63)69-51-98(3)54-72-66(69)45-60(82)48-75(72)85/h4-6,10-15,40-48,67-69,93-95H,7-9,16-39,49-54,86H2,1-3H3,(H2,87,90,99)(H2,88,91,100)(H2,89,92,101)/t67-,68-,69-/m0/s1. The predicted molar refractivity (Wildman–Crippen MR) is 453 cm³/mol. The third kappa shape index (κ3) is 29.8. The number of nitrogens with one attached hydrogen (secondary N) is 9. The lowest BCUT2D eigenvalue weighted by atomic mass is 9.85.